The third-order valence-corrected chi connectivity index (χ3v) is 2.22. The summed E-state index contributed by atoms with van der Waals surface area (Å²) in [5, 5.41) is 2.11. The van der Waals surface area contributed by atoms with Gasteiger partial charge in [-0.1, -0.05) is 26.2 Å². The lowest BCUT2D eigenvalue weighted by Crippen LogP contribution is -2.20. The summed E-state index contributed by atoms with van der Waals surface area (Å²) in [6.07, 6.45) is 3.84. The molecule has 2 N–H and O–H groups in total. The molecule has 0 fully saturated rings. The molecule has 0 saturated heterocycles. The summed E-state index contributed by atoms with van der Waals surface area (Å²) in [4.78, 5) is 27.3. The van der Waals surface area contributed by atoms with E-state index in [1.54, 1.807) is 0 Å². The van der Waals surface area contributed by atoms with Gasteiger partial charge in [0.05, 0.1) is 12.8 Å². The van der Waals surface area contributed by atoms with Gasteiger partial charge in [0.2, 0.25) is 0 Å². The highest BCUT2D eigenvalue weighted by Gasteiger charge is 2.08. The Kier molecular flexibility index (Phi) is 5.83. The Morgan fingerprint density at radius 2 is 2.28 bits per heavy atom. The van der Waals surface area contributed by atoms with Gasteiger partial charge in [0.25, 0.3) is 0 Å². The molecule has 1 heterocycles. The highest BCUT2D eigenvalue weighted by Crippen LogP contribution is 2.06. The Hall–Kier alpha value is -1.92. The Labute approximate surface area is 104 Å². The zero-order valence-corrected chi connectivity index (χ0v) is 10.2. The number of halogens is 1. The van der Waals surface area contributed by atoms with Gasteiger partial charge >= 0.3 is 11.8 Å². The second-order valence-electron chi connectivity index (χ2n) is 3.73. The van der Waals surface area contributed by atoms with Crippen LogP contribution in [0.5, 0.6) is 0 Å². The van der Waals surface area contributed by atoms with Crippen LogP contribution < -0.4 is 11.0 Å². The molecule has 0 bridgehead atoms. The lowest BCUT2D eigenvalue weighted by Gasteiger charge is -2.06. The average Bonchev–Trinajstić information content (AvgIpc) is 2.33. The third-order valence-electron chi connectivity index (χ3n) is 2.22. The van der Waals surface area contributed by atoms with Crippen molar-refractivity contribution in [2.45, 2.75) is 32.6 Å². The van der Waals surface area contributed by atoms with Gasteiger partial charge < -0.3 is 4.74 Å². The quantitative estimate of drug-likeness (QED) is 0.764. The van der Waals surface area contributed by atoms with Crippen LogP contribution in [0.2, 0.25) is 0 Å². The smallest absolute Gasteiger partial charge is 0.412 e. The van der Waals surface area contributed by atoms with Crippen LogP contribution in [-0.4, -0.2) is 22.7 Å². The van der Waals surface area contributed by atoms with Gasteiger partial charge in [-0.25, -0.2) is 14.0 Å². The predicted molar refractivity (Wildman–Crippen MR) is 63.9 cm³/mol. The van der Waals surface area contributed by atoms with Gasteiger partial charge in [-0.3, -0.25) is 10.3 Å². The molecule has 0 unspecified atom stereocenters. The summed E-state index contributed by atoms with van der Waals surface area (Å²) in [7, 11) is 0. The molecular formula is C11H16FN3O3. The first-order chi connectivity index (χ1) is 8.63. The zero-order chi connectivity index (χ0) is 13.4. The van der Waals surface area contributed by atoms with Crippen molar-refractivity contribution < 1.29 is 13.9 Å². The van der Waals surface area contributed by atoms with Gasteiger partial charge in [-0.05, 0) is 6.42 Å². The summed E-state index contributed by atoms with van der Waals surface area (Å²) in [5.41, 5.74) is -0.741. The van der Waals surface area contributed by atoms with Crippen LogP contribution in [0.15, 0.2) is 11.0 Å². The van der Waals surface area contributed by atoms with Crippen LogP contribution in [0.25, 0.3) is 0 Å². The molecule has 0 spiro atoms. The number of hydrogen-bond donors (Lipinski definition) is 2. The minimum Gasteiger partial charge on any atom is -0.449 e. The van der Waals surface area contributed by atoms with Gasteiger partial charge in [0.1, 0.15) is 0 Å². The maximum absolute atomic E-state index is 13.1. The average molecular weight is 257 g/mol. The molecule has 6 nitrogen and oxygen atoms in total. The van der Waals surface area contributed by atoms with Crippen molar-refractivity contribution in [1.29, 1.82) is 0 Å². The predicted octanol–water partition coefficient (Wildman–Crippen LogP) is 2.04. The molecule has 1 amide bonds. The molecule has 0 atom stereocenters. The first kappa shape index (κ1) is 14.1. The molecule has 1 aromatic rings. The van der Waals surface area contributed by atoms with Gasteiger partial charge in [0, 0.05) is 0 Å². The van der Waals surface area contributed by atoms with Crippen molar-refractivity contribution in [2.24, 2.45) is 0 Å². The summed E-state index contributed by atoms with van der Waals surface area (Å²) < 4.78 is 17.9. The number of anilines is 1. The zero-order valence-electron chi connectivity index (χ0n) is 10.2. The Morgan fingerprint density at radius 1 is 1.50 bits per heavy atom. The Bertz CT molecular complexity index is 447. The number of rotatable bonds is 6. The van der Waals surface area contributed by atoms with E-state index >= 15 is 0 Å². The Balaban J connectivity index is 2.35. The van der Waals surface area contributed by atoms with Crippen LogP contribution in [0.3, 0.4) is 0 Å². The van der Waals surface area contributed by atoms with E-state index in [1.165, 1.54) is 0 Å². The van der Waals surface area contributed by atoms with Crippen LogP contribution >= 0.6 is 0 Å². The first-order valence-corrected chi connectivity index (χ1v) is 5.82. The summed E-state index contributed by atoms with van der Waals surface area (Å²) in [6, 6.07) is 0. The lowest BCUT2D eigenvalue weighted by atomic mass is 10.2. The lowest BCUT2D eigenvalue weighted by molar-refractivity contribution is 0.159. The van der Waals surface area contributed by atoms with Crippen molar-refractivity contribution in [3.05, 3.63) is 22.5 Å². The van der Waals surface area contributed by atoms with E-state index in [2.05, 4.69) is 22.2 Å². The summed E-state index contributed by atoms with van der Waals surface area (Å²) in [5.74, 6) is -1.16. The molecule has 0 aromatic carbocycles. The topological polar surface area (TPSA) is 84.1 Å². The fourth-order valence-corrected chi connectivity index (χ4v) is 1.30. The van der Waals surface area contributed by atoms with E-state index in [1.807, 2.05) is 0 Å². The molecule has 7 heteroatoms. The van der Waals surface area contributed by atoms with Crippen LogP contribution in [-0.2, 0) is 4.74 Å². The van der Waals surface area contributed by atoms with Crippen LogP contribution in [0.4, 0.5) is 15.0 Å². The molecule has 0 aliphatic heterocycles. The number of unbranched alkanes of at least 4 members (excludes halogenated alkanes) is 3. The van der Waals surface area contributed by atoms with E-state index < -0.39 is 17.6 Å². The molecule has 0 aliphatic carbocycles. The molecule has 0 saturated carbocycles. The molecule has 1 rings (SSSR count). The largest absolute Gasteiger partial charge is 0.449 e. The number of hydrogen-bond acceptors (Lipinski definition) is 4. The van der Waals surface area contributed by atoms with Crippen molar-refractivity contribution in [1.82, 2.24) is 9.97 Å². The van der Waals surface area contributed by atoms with Gasteiger partial charge in [-0.2, -0.15) is 4.98 Å². The van der Waals surface area contributed by atoms with Crippen molar-refractivity contribution in [2.75, 3.05) is 11.9 Å². The maximum Gasteiger partial charge on any atom is 0.412 e. The number of carbonyl (C=O) groups is 1. The van der Waals surface area contributed by atoms with Crippen LogP contribution in [0, 0.1) is 5.82 Å². The normalized spacial score (nSPS) is 10.1. The van der Waals surface area contributed by atoms with E-state index in [0.717, 1.165) is 31.9 Å². The van der Waals surface area contributed by atoms with Crippen molar-refractivity contribution in [3.63, 3.8) is 0 Å². The number of carbonyl (C=O) groups excluding carboxylic acids is 1. The fourth-order valence-electron chi connectivity index (χ4n) is 1.30. The molecule has 1 aromatic heterocycles. The van der Waals surface area contributed by atoms with E-state index in [9.17, 15) is 14.0 Å². The minimum absolute atomic E-state index is 0.267. The van der Waals surface area contributed by atoms with Gasteiger partial charge in [0.15, 0.2) is 11.6 Å². The van der Waals surface area contributed by atoms with E-state index in [0.29, 0.717) is 0 Å². The van der Waals surface area contributed by atoms with E-state index in [-0.39, 0.29) is 12.4 Å². The second-order valence-corrected chi connectivity index (χ2v) is 3.73. The highest BCUT2D eigenvalue weighted by atomic mass is 19.1. The molecule has 18 heavy (non-hydrogen) atoms. The number of nitrogens with one attached hydrogen (secondary N) is 2. The van der Waals surface area contributed by atoms with Crippen molar-refractivity contribution >= 4 is 11.9 Å². The molecule has 0 radical (unpaired) electrons. The summed E-state index contributed by atoms with van der Waals surface area (Å²) >= 11 is 0. The van der Waals surface area contributed by atoms with Crippen molar-refractivity contribution in [3.8, 4) is 0 Å². The maximum atomic E-state index is 13.1. The van der Waals surface area contributed by atoms with Gasteiger partial charge in [-0.15, -0.1) is 0 Å². The second kappa shape index (κ2) is 7.41. The number of ether oxygens (including phenoxy) is 1. The minimum atomic E-state index is -0.822. The highest BCUT2D eigenvalue weighted by molar-refractivity contribution is 5.83. The number of amides is 1. The number of nitrogens with zero attached hydrogens (tertiary/aromatic N) is 1. The molecule has 0 aliphatic rings. The van der Waals surface area contributed by atoms with Crippen LogP contribution in [0.1, 0.15) is 32.6 Å². The first-order valence-electron chi connectivity index (χ1n) is 5.82. The third kappa shape index (κ3) is 4.94. The SMILES string of the molecule is CCCCCCOC(=O)Nc1[nH]c(=O)ncc1F. The number of H-pyrrole nitrogens is 1. The summed E-state index contributed by atoms with van der Waals surface area (Å²) in [6.45, 7) is 2.35. The standard InChI is InChI=1S/C11H16FN3O3/c1-2-3-4-5-6-18-11(17)15-9-8(12)7-13-10(16)14-9/h7H,2-6H2,1H3,(H2,13,14,15,16,17). The number of aromatic amines is 1. The van der Waals surface area contributed by atoms with E-state index in [4.69, 9.17) is 4.74 Å². The monoisotopic (exact) mass is 257 g/mol. The number of aromatic nitrogens is 2. The fraction of sp³-hybridized carbons (Fsp3) is 0.545. The molecular weight excluding hydrogens is 241 g/mol. The molecule has 100 valence electrons. The Morgan fingerprint density at radius 3 is 3.00 bits per heavy atom.